The largest absolute Gasteiger partial charge is 0.317 e. The van der Waals surface area contributed by atoms with Crippen LogP contribution < -0.4 is 5.32 Å². The summed E-state index contributed by atoms with van der Waals surface area (Å²) in [4.78, 5) is 4.68. The molecule has 0 saturated carbocycles. The van der Waals surface area contributed by atoms with Crippen LogP contribution in [0.1, 0.15) is 25.3 Å². The van der Waals surface area contributed by atoms with Gasteiger partial charge in [0.05, 0.1) is 15.2 Å². The van der Waals surface area contributed by atoms with Crippen LogP contribution >= 0.6 is 11.3 Å². The molecule has 0 saturated heterocycles. The Morgan fingerprint density at radius 2 is 2.06 bits per heavy atom. The van der Waals surface area contributed by atoms with Crippen LogP contribution in [0.4, 0.5) is 0 Å². The molecule has 92 valence electrons. The van der Waals surface area contributed by atoms with E-state index in [2.05, 4.69) is 48.4 Å². The van der Waals surface area contributed by atoms with Gasteiger partial charge in [0.2, 0.25) is 0 Å². The van der Waals surface area contributed by atoms with Gasteiger partial charge in [-0.25, -0.2) is 4.98 Å². The Labute approximate surface area is 107 Å². The summed E-state index contributed by atoms with van der Waals surface area (Å²) >= 11 is 1.83. The van der Waals surface area contributed by atoms with Gasteiger partial charge in [-0.1, -0.05) is 19.1 Å². The van der Waals surface area contributed by atoms with Crippen molar-refractivity contribution in [2.45, 2.75) is 32.7 Å². The first-order valence-electron chi connectivity index (χ1n) is 6.20. The zero-order valence-electron chi connectivity index (χ0n) is 10.7. The molecular formula is C14H20N2S. The molecule has 2 nitrogen and oxygen atoms in total. The third-order valence-corrected chi connectivity index (χ3v) is 4.17. The zero-order chi connectivity index (χ0) is 12.3. The van der Waals surface area contributed by atoms with E-state index in [1.165, 1.54) is 16.1 Å². The Morgan fingerprint density at radius 3 is 2.76 bits per heavy atom. The third kappa shape index (κ3) is 3.27. The van der Waals surface area contributed by atoms with E-state index in [1.54, 1.807) is 0 Å². The minimum absolute atomic E-state index is 0.583. The molecule has 2 unspecified atom stereocenters. The van der Waals surface area contributed by atoms with Gasteiger partial charge < -0.3 is 5.32 Å². The number of hydrogen-bond acceptors (Lipinski definition) is 3. The van der Waals surface area contributed by atoms with Crippen molar-refractivity contribution in [3.05, 3.63) is 29.3 Å². The molecule has 0 amide bonds. The standard InChI is InChI=1S/C14H20N2S/c1-10(8-11(2)15-3)9-14-16-12-6-4-5-7-13(12)17-14/h4-7,10-11,15H,8-9H2,1-3H3. The number of aromatic nitrogens is 1. The van der Waals surface area contributed by atoms with Crippen molar-refractivity contribution in [2.75, 3.05) is 7.05 Å². The molecule has 1 aromatic heterocycles. The van der Waals surface area contributed by atoms with Crippen molar-refractivity contribution in [1.29, 1.82) is 0 Å². The van der Waals surface area contributed by atoms with Crippen molar-refractivity contribution >= 4 is 21.6 Å². The fraction of sp³-hybridized carbons (Fsp3) is 0.500. The number of para-hydroxylation sites is 1. The Bertz CT molecular complexity index is 445. The zero-order valence-corrected chi connectivity index (χ0v) is 11.6. The molecule has 2 atom stereocenters. The number of hydrogen-bond donors (Lipinski definition) is 1. The number of rotatable bonds is 5. The SMILES string of the molecule is CNC(C)CC(C)Cc1nc2ccccc2s1. The second-order valence-electron chi connectivity index (χ2n) is 4.81. The summed E-state index contributed by atoms with van der Waals surface area (Å²) in [5.41, 5.74) is 1.14. The molecule has 0 aliphatic rings. The van der Waals surface area contributed by atoms with Crippen molar-refractivity contribution < 1.29 is 0 Å². The number of nitrogens with zero attached hydrogens (tertiary/aromatic N) is 1. The fourth-order valence-corrected chi connectivity index (χ4v) is 3.24. The number of benzene rings is 1. The highest BCUT2D eigenvalue weighted by atomic mass is 32.1. The van der Waals surface area contributed by atoms with Gasteiger partial charge >= 0.3 is 0 Å². The van der Waals surface area contributed by atoms with E-state index in [4.69, 9.17) is 0 Å². The molecule has 0 aliphatic carbocycles. The van der Waals surface area contributed by atoms with Gasteiger partial charge in [0.25, 0.3) is 0 Å². The maximum Gasteiger partial charge on any atom is 0.0941 e. The van der Waals surface area contributed by atoms with Crippen LogP contribution in [0.2, 0.25) is 0 Å². The van der Waals surface area contributed by atoms with Crippen LogP contribution in [-0.4, -0.2) is 18.1 Å². The van der Waals surface area contributed by atoms with Crippen LogP contribution in [0, 0.1) is 5.92 Å². The maximum atomic E-state index is 4.68. The highest BCUT2D eigenvalue weighted by molar-refractivity contribution is 7.18. The Kier molecular flexibility index (Phi) is 4.13. The molecule has 0 fully saturated rings. The van der Waals surface area contributed by atoms with Gasteiger partial charge in [0.1, 0.15) is 0 Å². The maximum absolute atomic E-state index is 4.68. The molecule has 0 spiro atoms. The first kappa shape index (κ1) is 12.5. The Balaban J connectivity index is 2.03. The number of thiazole rings is 1. The molecule has 1 heterocycles. The van der Waals surface area contributed by atoms with Gasteiger partial charge in [-0.05, 0) is 38.4 Å². The average molecular weight is 248 g/mol. The normalized spacial score (nSPS) is 15.0. The fourth-order valence-electron chi connectivity index (χ4n) is 2.11. The summed E-state index contributed by atoms with van der Waals surface area (Å²) in [6.07, 6.45) is 2.29. The lowest BCUT2D eigenvalue weighted by molar-refractivity contribution is 0.440. The van der Waals surface area contributed by atoms with Crippen molar-refractivity contribution in [3.8, 4) is 0 Å². The van der Waals surface area contributed by atoms with E-state index in [1.807, 2.05) is 18.4 Å². The second kappa shape index (κ2) is 5.61. The molecule has 3 heteroatoms. The summed E-state index contributed by atoms with van der Waals surface area (Å²) < 4.78 is 1.30. The lowest BCUT2D eigenvalue weighted by Crippen LogP contribution is -2.24. The first-order valence-corrected chi connectivity index (χ1v) is 7.02. The summed E-state index contributed by atoms with van der Waals surface area (Å²) in [6, 6.07) is 8.96. The predicted molar refractivity (Wildman–Crippen MR) is 75.6 cm³/mol. The summed E-state index contributed by atoms with van der Waals surface area (Å²) in [6.45, 7) is 4.54. The molecule has 0 radical (unpaired) electrons. The average Bonchev–Trinajstić information content (AvgIpc) is 2.70. The third-order valence-electron chi connectivity index (χ3n) is 3.11. The first-order chi connectivity index (χ1) is 8.19. The highest BCUT2D eigenvalue weighted by Gasteiger charge is 2.11. The number of nitrogens with one attached hydrogen (secondary N) is 1. The topological polar surface area (TPSA) is 24.9 Å². The van der Waals surface area contributed by atoms with Crippen molar-refractivity contribution in [1.82, 2.24) is 10.3 Å². The van der Waals surface area contributed by atoms with E-state index in [0.717, 1.165) is 11.9 Å². The van der Waals surface area contributed by atoms with Crippen LogP contribution in [0.5, 0.6) is 0 Å². The molecule has 1 aromatic carbocycles. The van der Waals surface area contributed by atoms with E-state index >= 15 is 0 Å². The summed E-state index contributed by atoms with van der Waals surface area (Å²) in [5.74, 6) is 0.679. The molecule has 0 bridgehead atoms. The van der Waals surface area contributed by atoms with E-state index in [9.17, 15) is 0 Å². The minimum Gasteiger partial charge on any atom is -0.317 e. The van der Waals surface area contributed by atoms with Gasteiger partial charge in [0.15, 0.2) is 0 Å². The van der Waals surface area contributed by atoms with Gasteiger partial charge in [0, 0.05) is 12.5 Å². The van der Waals surface area contributed by atoms with Crippen LogP contribution in [0.25, 0.3) is 10.2 Å². The monoisotopic (exact) mass is 248 g/mol. The second-order valence-corrected chi connectivity index (χ2v) is 5.93. The lowest BCUT2D eigenvalue weighted by Gasteiger charge is -2.15. The quantitative estimate of drug-likeness (QED) is 0.876. The van der Waals surface area contributed by atoms with Crippen LogP contribution in [0.3, 0.4) is 0 Å². The Hall–Kier alpha value is -0.930. The molecular weight excluding hydrogens is 228 g/mol. The van der Waals surface area contributed by atoms with Gasteiger partial charge in [-0.3, -0.25) is 0 Å². The molecule has 0 aliphatic heterocycles. The smallest absolute Gasteiger partial charge is 0.0941 e. The van der Waals surface area contributed by atoms with E-state index in [-0.39, 0.29) is 0 Å². The molecule has 2 rings (SSSR count). The number of fused-ring (bicyclic) bond motifs is 1. The predicted octanol–water partition coefficient (Wildman–Crippen LogP) is 3.47. The van der Waals surface area contributed by atoms with Crippen LogP contribution in [-0.2, 0) is 6.42 Å². The summed E-state index contributed by atoms with van der Waals surface area (Å²) in [7, 11) is 2.02. The molecule has 2 aromatic rings. The van der Waals surface area contributed by atoms with Gasteiger partial charge in [-0.15, -0.1) is 11.3 Å². The van der Waals surface area contributed by atoms with E-state index < -0.39 is 0 Å². The van der Waals surface area contributed by atoms with Crippen LogP contribution in [0.15, 0.2) is 24.3 Å². The van der Waals surface area contributed by atoms with Gasteiger partial charge in [-0.2, -0.15) is 0 Å². The minimum atomic E-state index is 0.583. The van der Waals surface area contributed by atoms with Crippen molar-refractivity contribution in [3.63, 3.8) is 0 Å². The lowest BCUT2D eigenvalue weighted by atomic mass is 10.00. The molecule has 17 heavy (non-hydrogen) atoms. The summed E-state index contributed by atoms with van der Waals surface area (Å²) in [5, 5.41) is 4.56. The highest BCUT2D eigenvalue weighted by Crippen LogP contribution is 2.24. The molecule has 1 N–H and O–H groups in total. The Morgan fingerprint density at radius 1 is 1.29 bits per heavy atom. The van der Waals surface area contributed by atoms with E-state index in [0.29, 0.717) is 12.0 Å². The van der Waals surface area contributed by atoms with Crippen molar-refractivity contribution in [2.24, 2.45) is 5.92 Å².